The second-order valence-electron chi connectivity index (χ2n) is 9.96. The molecular formula is C32H27F2N3O5S. The monoisotopic (exact) mass is 603 g/mol. The molecule has 1 N–H and O–H groups in total. The van der Waals surface area contributed by atoms with Gasteiger partial charge < -0.3 is 13.8 Å². The first kappa shape index (κ1) is 29.6. The van der Waals surface area contributed by atoms with Crippen molar-refractivity contribution in [2.24, 2.45) is 0 Å². The van der Waals surface area contributed by atoms with Gasteiger partial charge in [0.2, 0.25) is 0 Å². The Morgan fingerprint density at radius 3 is 2.49 bits per heavy atom. The molecule has 0 fully saturated rings. The third-order valence-corrected chi connectivity index (χ3v) is 7.78. The topological polar surface area (TPSA) is 103 Å². The number of rotatable bonds is 7. The maximum absolute atomic E-state index is 14.3. The Labute approximate surface area is 248 Å². The smallest absolute Gasteiger partial charge is 0.269 e. The Balaban J connectivity index is 1.44. The van der Waals surface area contributed by atoms with E-state index in [0.29, 0.717) is 22.7 Å². The van der Waals surface area contributed by atoms with Crippen molar-refractivity contribution in [3.05, 3.63) is 124 Å². The van der Waals surface area contributed by atoms with Crippen LogP contribution in [0.3, 0.4) is 0 Å². The summed E-state index contributed by atoms with van der Waals surface area (Å²) < 4.78 is 55.6. The maximum Gasteiger partial charge on any atom is 0.269 e. The van der Waals surface area contributed by atoms with E-state index in [1.165, 1.54) is 18.2 Å². The fourth-order valence-electron chi connectivity index (χ4n) is 4.72. The molecule has 5 rings (SSSR count). The van der Waals surface area contributed by atoms with Crippen molar-refractivity contribution in [3.8, 4) is 22.7 Å². The maximum atomic E-state index is 14.3. The number of aryl methyl sites for hydroxylation is 4. The van der Waals surface area contributed by atoms with Gasteiger partial charge in [0.1, 0.15) is 35.3 Å². The molecule has 1 atom stereocenters. The molecule has 5 aromatic rings. The molecule has 0 bridgehead atoms. The average Bonchev–Trinajstić information content (AvgIpc) is 3.53. The quantitative estimate of drug-likeness (QED) is 0.229. The first-order valence-corrected chi connectivity index (χ1v) is 14.3. The number of benzene rings is 3. The van der Waals surface area contributed by atoms with Crippen LogP contribution in [0.1, 0.15) is 49.0 Å². The van der Waals surface area contributed by atoms with Crippen LogP contribution in [0.25, 0.3) is 16.9 Å². The number of hydrogen-bond donors (Lipinski definition) is 1. The van der Waals surface area contributed by atoms with Gasteiger partial charge in [-0.15, -0.1) is 0 Å². The Bertz CT molecular complexity index is 1880. The van der Waals surface area contributed by atoms with Crippen LogP contribution in [-0.4, -0.2) is 25.0 Å². The lowest BCUT2D eigenvalue weighted by molar-refractivity contribution is 0.0973. The Morgan fingerprint density at radius 1 is 0.977 bits per heavy atom. The van der Waals surface area contributed by atoms with Crippen molar-refractivity contribution in [2.45, 2.75) is 34.3 Å². The lowest BCUT2D eigenvalue weighted by Crippen LogP contribution is -2.31. The normalized spacial score (nSPS) is 11.8. The number of ether oxygens (including phenoxy) is 1. The van der Waals surface area contributed by atoms with Crippen molar-refractivity contribution < 1.29 is 31.8 Å². The second kappa shape index (κ2) is 12.1. The molecule has 2 heterocycles. The number of carbonyl (C=O) groups is 2. The van der Waals surface area contributed by atoms with E-state index in [-0.39, 0.29) is 29.1 Å². The predicted octanol–water partition coefficient (Wildman–Crippen LogP) is 6.46. The summed E-state index contributed by atoms with van der Waals surface area (Å²) in [4.78, 5) is 25.7. The summed E-state index contributed by atoms with van der Waals surface area (Å²) in [6.07, 6.45) is 0. The molecule has 43 heavy (non-hydrogen) atoms. The SMILES string of the molecule is Cc1ccc(OCc2ccc(F)cc2F)c(-c2ccc(C)n2-c2cccc(C(=O)S(=O)NC(=O)c3c(C)noc3C)c2)c1. The van der Waals surface area contributed by atoms with E-state index in [4.69, 9.17) is 9.26 Å². The standard InChI is InChI=1S/C32H27F2N3O5S/c1-18-8-13-29(41-17-23-10-11-24(33)16-27(23)34)26(14-18)28-12-9-19(2)37(28)25-7-5-6-22(15-25)32(39)43(40)36-31(38)30-20(3)35-42-21(30)4/h5-16H,17H2,1-4H3,(H,36,38). The van der Waals surface area contributed by atoms with Crippen LogP contribution in [0.5, 0.6) is 5.75 Å². The molecule has 1 amide bonds. The van der Waals surface area contributed by atoms with Gasteiger partial charge in [-0.1, -0.05) is 28.9 Å². The highest BCUT2D eigenvalue weighted by Gasteiger charge is 2.24. The summed E-state index contributed by atoms with van der Waals surface area (Å²) in [5.74, 6) is -1.37. The van der Waals surface area contributed by atoms with Gasteiger partial charge in [0.05, 0.1) is 11.4 Å². The van der Waals surface area contributed by atoms with Gasteiger partial charge in [0.25, 0.3) is 11.0 Å². The van der Waals surface area contributed by atoms with Gasteiger partial charge in [-0.05, 0) is 76.2 Å². The van der Waals surface area contributed by atoms with Crippen LogP contribution in [0.15, 0.2) is 77.3 Å². The molecule has 0 aliphatic carbocycles. The summed E-state index contributed by atoms with van der Waals surface area (Å²) in [7, 11) is -2.37. The van der Waals surface area contributed by atoms with Crippen molar-refractivity contribution >= 4 is 22.0 Å². The van der Waals surface area contributed by atoms with Crippen LogP contribution < -0.4 is 9.46 Å². The number of carbonyl (C=O) groups excluding carboxylic acids is 2. The Morgan fingerprint density at radius 2 is 1.77 bits per heavy atom. The lowest BCUT2D eigenvalue weighted by Gasteiger charge is -2.17. The van der Waals surface area contributed by atoms with E-state index in [2.05, 4.69) is 9.88 Å². The van der Waals surface area contributed by atoms with Crippen LogP contribution >= 0.6 is 0 Å². The number of hydrogen-bond acceptors (Lipinski definition) is 6. The number of halogens is 2. The molecule has 2 aromatic heterocycles. The molecule has 0 spiro atoms. The summed E-state index contributed by atoms with van der Waals surface area (Å²) in [5.41, 5.74) is 4.62. The second-order valence-corrected chi connectivity index (χ2v) is 11.1. The molecule has 0 saturated heterocycles. The van der Waals surface area contributed by atoms with Crippen molar-refractivity contribution in [1.82, 2.24) is 14.4 Å². The third kappa shape index (κ3) is 6.17. The molecular weight excluding hydrogens is 576 g/mol. The highest BCUT2D eigenvalue weighted by Crippen LogP contribution is 2.35. The van der Waals surface area contributed by atoms with Gasteiger partial charge >= 0.3 is 0 Å². The minimum absolute atomic E-state index is 0.114. The minimum Gasteiger partial charge on any atom is -0.488 e. The molecule has 220 valence electrons. The lowest BCUT2D eigenvalue weighted by atomic mass is 10.1. The zero-order valence-electron chi connectivity index (χ0n) is 23.7. The summed E-state index contributed by atoms with van der Waals surface area (Å²) in [5, 5.41) is 2.93. The Hall–Kier alpha value is -4.90. The number of amides is 1. The number of nitrogens with zero attached hydrogens (tertiary/aromatic N) is 2. The molecule has 0 saturated carbocycles. The van der Waals surface area contributed by atoms with Crippen LogP contribution in [0.2, 0.25) is 0 Å². The van der Waals surface area contributed by atoms with E-state index < -0.39 is 33.6 Å². The molecule has 8 nitrogen and oxygen atoms in total. The van der Waals surface area contributed by atoms with E-state index in [1.54, 1.807) is 38.1 Å². The first-order valence-electron chi connectivity index (χ1n) is 13.2. The predicted molar refractivity (Wildman–Crippen MR) is 157 cm³/mol. The van der Waals surface area contributed by atoms with E-state index >= 15 is 0 Å². The van der Waals surface area contributed by atoms with Crippen LogP contribution in [0, 0.1) is 39.3 Å². The van der Waals surface area contributed by atoms with Crippen LogP contribution in [0.4, 0.5) is 8.78 Å². The number of nitrogens with one attached hydrogen (secondary N) is 1. The van der Waals surface area contributed by atoms with Gasteiger partial charge in [-0.2, -0.15) is 0 Å². The van der Waals surface area contributed by atoms with E-state index in [0.717, 1.165) is 23.0 Å². The average molecular weight is 604 g/mol. The van der Waals surface area contributed by atoms with Crippen molar-refractivity contribution in [2.75, 3.05) is 0 Å². The summed E-state index contributed by atoms with van der Waals surface area (Å²) in [6, 6.07) is 19.3. The van der Waals surface area contributed by atoms with Gasteiger partial charge in [0.15, 0.2) is 11.0 Å². The largest absolute Gasteiger partial charge is 0.488 e. The van der Waals surface area contributed by atoms with E-state index in [9.17, 15) is 22.6 Å². The first-order chi connectivity index (χ1) is 20.5. The van der Waals surface area contributed by atoms with Crippen LogP contribution in [-0.2, 0) is 17.6 Å². The third-order valence-electron chi connectivity index (χ3n) is 6.84. The highest BCUT2D eigenvalue weighted by atomic mass is 32.2. The van der Waals surface area contributed by atoms with Gasteiger partial charge in [-0.25, -0.2) is 13.0 Å². The fourth-order valence-corrected chi connectivity index (χ4v) is 5.43. The van der Waals surface area contributed by atoms with E-state index in [1.807, 2.05) is 42.7 Å². The molecule has 0 radical (unpaired) electrons. The zero-order valence-corrected chi connectivity index (χ0v) is 24.6. The highest BCUT2D eigenvalue weighted by molar-refractivity contribution is 7.99. The van der Waals surface area contributed by atoms with Gasteiger partial charge in [0, 0.05) is 34.1 Å². The number of aromatic nitrogens is 2. The summed E-state index contributed by atoms with van der Waals surface area (Å²) >= 11 is 0. The van der Waals surface area contributed by atoms with Gasteiger partial charge in [-0.3, -0.25) is 14.3 Å². The van der Waals surface area contributed by atoms with Crippen molar-refractivity contribution in [3.63, 3.8) is 0 Å². The fraction of sp³-hybridized carbons (Fsp3) is 0.156. The summed E-state index contributed by atoms with van der Waals surface area (Å²) in [6.45, 7) is 6.83. The molecule has 0 aliphatic rings. The molecule has 0 aliphatic heterocycles. The Kier molecular flexibility index (Phi) is 8.36. The molecule has 1 unspecified atom stereocenters. The molecule has 3 aromatic carbocycles. The molecule has 11 heteroatoms. The van der Waals surface area contributed by atoms with Crippen molar-refractivity contribution in [1.29, 1.82) is 0 Å². The minimum atomic E-state index is -2.37. The zero-order chi connectivity index (χ0) is 30.8.